The average Bonchev–Trinajstić information content (AvgIpc) is 2.48. The van der Waals surface area contributed by atoms with Crippen LogP contribution in [-0.4, -0.2) is 35.3 Å². The predicted octanol–water partition coefficient (Wildman–Crippen LogP) is 2.60. The Kier molecular flexibility index (Phi) is 6.05. The van der Waals surface area contributed by atoms with E-state index < -0.39 is 12.1 Å². The monoisotopic (exact) mass is 318 g/mol. The van der Waals surface area contributed by atoms with Crippen LogP contribution in [0.1, 0.15) is 12.0 Å². The van der Waals surface area contributed by atoms with Crippen molar-refractivity contribution in [2.45, 2.75) is 12.6 Å². The van der Waals surface area contributed by atoms with Crippen LogP contribution in [0.4, 0.5) is 18.9 Å². The molecule has 0 saturated heterocycles. The van der Waals surface area contributed by atoms with Gasteiger partial charge in [-0.3, -0.25) is 10.1 Å². The maximum absolute atomic E-state index is 10.6. The van der Waals surface area contributed by atoms with Crippen LogP contribution < -0.4 is 5.32 Å². The number of carboxylic acid groups (broad SMARTS) is 1. The maximum atomic E-state index is 10.6. The zero-order valence-corrected chi connectivity index (χ0v) is 11.3. The molecule has 22 heavy (non-hydrogen) atoms. The molecule has 0 bridgehead atoms. The summed E-state index contributed by atoms with van der Waals surface area (Å²) in [6, 6.07) is 6.81. The molecule has 1 aromatic carbocycles. The molecule has 1 aromatic rings. The first kappa shape index (κ1) is 17.6. The number of nitro benzene ring substituents is 1. The molecule has 0 saturated carbocycles. The number of carbonyl (C=O) groups is 1. The van der Waals surface area contributed by atoms with Crippen molar-refractivity contribution in [1.29, 1.82) is 0 Å². The smallest absolute Gasteiger partial charge is 0.475 e. The molecule has 0 amide bonds. The lowest BCUT2D eigenvalue weighted by Gasteiger charge is -2.13. The number of nitro groups is 1. The third-order valence-corrected chi connectivity index (χ3v) is 2.73. The van der Waals surface area contributed by atoms with Crippen LogP contribution in [0.2, 0.25) is 0 Å². The van der Waals surface area contributed by atoms with Crippen LogP contribution in [0.3, 0.4) is 0 Å². The molecule has 120 valence electrons. The van der Waals surface area contributed by atoms with Crippen molar-refractivity contribution in [3.8, 4) is 0 Å². The fourth-order valence-corrected chi connectivity index (χ4v) is 1.70. The third-order valence-electron chi connectivity index (χ3n) is 2.73. The molecule has 0 unspecified atom stereocenters. The fraction of sp³-hybridized carbons (Fsp3) is 0.308. The lowest BCUT2D eigenvalue weighted by molar-refractivity contribution is -0.384. The van der Waals surface area contributed by atoms with Gasteiger partial charge in [-0.25, -0.2) is 4.79 Å². The highest BCUT2D eigenvalue weighted by Crippen LogP contribution is 2.23. The SMILES string of the molecule is O=C(O)C(F)(F)F.O=[N+]([O-])c1cccc(C2=CCNCC2)c1. The molecule has 0 fully saturated rings. The minimum Gasteiger partial charge on any atom is -0.475 e. The van der Waals surface area contributed by atoms with Gasteiger partial charge in [0, 0.05) is 18.7 Å². The molecule has 1 heterocycles. The molecular formula is C13H13F3N2O4. The normalized spacial score (nSPS) is 14.4. The summed E-state index contributed by atoms with van der Waals surface area (Å²) in [5.74, 6) is -2.76. The molecule has 1 aliphatic heterocycles. The minimum atomic E-state index is -5.08. The number of aliphatic carboxylic acids is 1. The van der Waals surface area contributed by atoms with Crippen LogP contribution in [0.25, 0.3) is 5.57 Å². The van der Waals surface area contributed by atoms with Gasteiger partial charge in [0.05, 0.1) is 4.92 Å². The van der Waals surface area contributed by atoms with E-state index >= 15 is 0 Å². The number of non-ortho nitro benzene ring substituents is 1. The summed E-state index contributed by atoms with van der Waals surface area (Å²) in [6.07, 6.45) is -2.07. The van der Waals surface area contributed by atoms with E-state index in [4.69, 9.17) is 9.90 Å². The molecule has 0 aliphatic carbocycles. The van der Waals surface area contributed by atoms with Gasteiger partial charge in [0.1, 0.15) is 0 Å². The van der Waals surface area contributed by atoms with E-state index in [1.807, 2.05) is 6.07 Å². The Labute approximate surface area is 123 Å². The van der Waals surface area contributed by atoms with E-state index in [2.05, 4.69) is 11.4 Å². The average molecular weight is 318 g/mol. The van der Waals surface area contributed by atoms with Crippen LogP contribution in [0.5, 0.6) is 0 Å². The van der Waals surface area contributed by atoms with Crippen LogP contribution >= 0.6 is 0 Å². The molecular weight excluding hydrogens is 305 g/mol. The standard InChI is InChI=1S/C11H12N2O2.C2HF3O2/c14-13(15)11-3-1-2-10(8-11)9-4-6-12-7-5-9;3-2(4,5)1(6)7/h1-4,8,12H,5-7H2;(H,6,7). The van der Waals surface area contributed by atoms with Crippen LogP contribution in [0, 0.1) is 10.1 Å². The zero-order chi connectivity index (χ0) is 16.8. The number of carboxylic acids is 1. The summed E-state index contributed by atoms with van der Waals surface area (Å²) in [5.41, 5.74) is 2.31. The number of benzene rings is 1. The van der Waals surface area contributed by atoms with E-state index in [-0.39, 0.29) is 10.6 Å². The van der Waals surface area contributed by atoms with Crippen molar-refractivity contribution >= 4 is 17.2 Å². The first-order valence-electron chi connectivity index (χ1n) is 6.16. The van der Waals surface area contributed by atoms with Crippen LogP contribution in [0.15, 0.2) is 30.3 Å². The first-order valence-corrected chi connectivity index (χ1v) is 6.16. The Morgan fingerprint density at radius 1 is 1.36 bits per heavy atom. The highest BCUT2D eigenvalue weighted by Gasteiger charge is 2.38. The van der Waals surface area contributed by atoms with Gasteiger partial charge in [0.2, 0.25) is 0 Å². The fourth-order valence-electron chi connectivity index (χ4n) is 1.70. The number of hydrogen-bond acceptors (Lipinski definition) is 4. The van der Waals surface area contributed by atoms with E-state index in [9.17, 15) is 23.3 Å². The summed E-state index contributed by atoms with van der Waals surface area (Å²) < 4.78 is 31.7. The number of rotatable bonds is 2. The van der Waals surface area contributed by atoms with E-state index in [1.54, 1.807) is 12.1 Å². The number of nitrogens with zero attached hydrogens (tertiary/aromatic N) is 1. The first-order chi connectivity index (χ1) is 10.2. The van der Waals surface area contributed by atoms with Crippen molar-refractivity contribution in [3.05, 3.63) is 46.0 Å². The molecule has 1 aliphatic rings. The summed E-state index contributed by atoms with van der Waals surface area (Å²) in [7, 11) is 0. The number of halogens is 3. The van der Waals surface area contributed by atoms with Crippen molar-refractivity contribution in [1.82, 2.24) is 5.32 Å². The molecule has 0 aromatic heterocycles. The Morgan fingerprint density at radius 2 is 2.00 bits per heavy atom. The predicted molar refractivity (Wildman–Crippen MR) is 72.3 cm³/mol. The van der Waals surface area contributed by atoms with Gasteiger partial charge in [-0.2, -0.15) is 13.2 Å². The number of hydrogen-bond donors (Lipinski definition) is 2. The Hall–Kier alpha value is -2.42. The largest absolute Gasteiger partial charge is 0.490 e. The summed E-state index contributed by atoms with van der Waals surface area (Å²) in [5, 5.41) is 20.9. The topological polar surface area (TPSA) is 92.5 Å². The third kappa shape index (κ3) is 5.52. The second kappa shape index (κ2) is 7.55. The molecule has 0 radical (unpaired) electrons. The molecule has 0 spiro atoms. The highest BCUT2D eigenvalue weighted by atomic mass is 19.4. The van der Waals surface area contributed by atoms with Gasteiger partial charge in [-0.15, -0.1) is 0 Å². The molecule has 6 nitrogen and oxygen atoms in total. The van der Waals surface area contributed by atoms with Crippen LogP contribution in [-0.2, 0) is 4.79 Å². The molecule has 0 atom stereocenters. The Morgan fingerprint density at radius 3 is 2.45 bits per heavy atom. The van der Waals surface area contributed by atoms with Crippen molar-refractivity contribution in [3.63, 3.8) is 0 Å². The second-order valence-corrected chi connectivity index (χ2v) is 4.29. The summed E-state index contributed by atoms with van der Waals surface area (Å²) in [6.45, 7) is 1.78. The minimum absolute atomic E-state index is 0.159. The number of nitrogens with one attached hydrogen (secondary N) is 1. The van der Waals surface area contributed by atoms with Crippen molar-refractivity contribution in [2.75, 3.05) is 13.1 Å². The van der Waals surface area contributed by atoms with Crippen molar-refractivity contribution < 1.29 is 28.0 Å². The molecule has 2 N–H and O–H groups in total. The summed E-state index contributed by atoms with van der Waals surface area (Å²) in [4.78, 5) is 19.1. The maximum Gasteiger partial charge on any atom is 0.490 e. The highest BCUT2D eigenvalue weighted by molar-refractivity contribution is 5.73. The molecule has 9 heteroatoms. The lowest BCUT2D eigenvalue weighted by atomic mass is 10.00. The van der Waals surface area contributed by atoms with Gasteiger partial charge in [-0.05, 0) is 24.1 Å². The van der Waals surface area contributed by atoms with Gasteiger partial charge in [-0.1, -0.05) is 18.2 Å². The van der Waals surface area contributed by atoms with E-state index in [0.29, 0.717) is 0 Å². The van der Waals surface area contributed by atoms with Gasteiger partial charge < -0.3 is 10.4 Å². The van der Waals surface area contributed by atoms with E-state index in [0.717, 1.165) is 25.1 Å². The van der Waals surface area contributed by atoms with Gasteiger partial charge in [0.15, 0.2) is 0 Å². The van der Waals surface area contributed by atoms with Gasteiger partial charge in [0.25, 0.3) is 5.69 Å². The lowest BCUT2D eigenvalue weighted by Crippen LogP contribution is -2.21. The van der Waals surface area contributed by atoms with Crippen molar-refractivity contribution in [2.24, 2.45) is 0 Å². The number of alkyl halides is 3. The molecule has 2 rings (SSSR count). The van der Waals surface area contributed by atoms with E-state index in [1.165, 1.54) is 11.6 Å². The summed E-state index contributed by atoms with van der Waals surface area (Å²) >= 11 is 0. The Balaban J connectivity index is 0.000000295. The second-order valence-electron chi connectivity index (χ2n) is 4.29. The van der Waals surface area contributed by atoms with Gasteiger partial charge >= 0.3 is 12.1 Å². The zero-order valence-electron chi connectivity index (χ0n) is 11.3. The quantitative estimate of drug-likeness (QED) is 0.646. The Bertz CT molecular complexity index is 585.